The summed E-state index contributed by atoms with van der Waals surface area (Å²) in [5.41, 5.74) is 5.19. The molecule has 2 rings (SSSR count). The Kier molecular flexibility index (Phi) is 21.4. The van der Waals surface area contributed by atoms with E-state index in [-0.39, 0.29) is 41.6 Å². The van der Waals surface area contributed by atoms with Crippen LogP contribution in [0.1, 0.15) is 65.2 Å². The molecule has 2 unspecified atom stereocenters. The highest BCUT2D eigenvalue weighted by atomic mass is 33.1. The number of nitrogens with two attached hydrogens (primary N) is 1. The van der Waals surface area contributed by atoms with Crippen LogP contribution >= 0.6 is 66.6 Å². The zero-order chi connectivity index (χ0) is 39.7. The molecular formula is C26H45N4O16P3S4. The monoisotopic (exact) mass is 890 g/mol. The SMILES string of the molecule is CCSSCO[C@H]1C[C@H](n2cc(C#CCNC(=O)OCCCCOCSSC(C)(C)CC)c(N)nc2=O)O[C@@H]1COP(=O)(O)OP(=O)(O)OP(=O)(O)O. The third kappa shape index (κ3) is 20.3. The lowest BCUT2D eigenvalue weighted by molar-refractivity contribution is -0.0543. The highest BCUT2D eigenvalue weighted by molar-refractivity contribution is 8.77. The van der Waals surface area contributed by atoms with Crippen LogP contribution in [-0.4, -0.2) is 96.2 Å². The molecule has 304 valence electrons. The van der Waals surface area contributed by atoms with Crippen molar-refractivity contribution in [1.82, 2.24) is 14.9 Å². The van der Waals surface area contributed by atoms with Gasteiger partial charge in [0.1, 0.15) is 30.0 Å². The van der Waals surface area contributed by atoms with Gasteiger partial charge in [0.05, 0.1) is 31.4 Å². The summed E-state index contributed by atoms with van der Waals surface area (Å²) < 4.78 is 70.8. The summed E-state index contributed by atoms with van der Waals surface area (Å²) >= 11 is 0. The third-order valence-corrected chi connectivity index (χ3v) is 15.6. The second-order valence-electron chi connectivity index (χ2n) is 11.2. The third-order valence-electron chi connectivity index (χ3n) is 6.55. The van der Waals surface area contributed by atoms with Crippen LogP contribution in [-0.2, 0) is 45.8 Å². The van der Waals surface area contributed by atoms with Gasteiger partial charge in [-0.25, -0.2) is 23.3 Å². The minimum atomic E-state index is -5.74. The number of hydrogen-bond donors (Lipinski definition) is 6. The lowest BCUT2D eigenvalue weighted by Crippen LogP contribution is -2.29. The summed E-state index contributed by atoms with van der Waals surface area (Å²) in [6, 6.07) is 0. The maximum absolute atomic E-state index is 12.8. The van der Waals surface area contributed by atoms with E-state index in [0.717, 1.165) is 23.2 Å². The van der Waals surface area contributed by atoms with Gasteiger partial charge in [-0.15, -0.1) is 0 Å². The van der Waals surface area contributed by atoms with Crippen molar-refractivity contribution in [2.45, 2.75) is 76.6 Å². The number of nitrogen functional groups attached to an aromatic ring is 1. The van der Waals surface area contributed by atoms with Crippen LogP contribution in [0.3, 0.4) is 0 Å². The van der Waals surface area contributed by atoms with E-state index in [4.69, 9.17) is 39.0 Å². The average Bonchev–Trinajstić information content (AvgIpc) is 3.45. The summed E-state index contributed by atoms with van der Waals surface area (Å²) in [5, 5.41) is 2.49. The number of nitrogens with zero attached hydrogens (tertiary/aromatic N) is 2. The molecule has 0 bridgehead atoms. The molecule has 1 saturated heterocycles. The molecule has 5 atom stereocenters. The van der Waals surface area contributed by atoms with Crippen LogP contribution in [0.5, 0.6) is 0 Å². The van der Waals surface area contributed by atoms with Crippen LogP contribution in [0, 0.1) is 11.8 Å². The number of phosphoric acid groups is 3. The molecule has 1 fully saturated rings. The molecule has 27 heteroatoms. The first kappa shape index (κ1) is 48.3. The highest BCUT2D eigenvalue weighted by Crippen LogP contribution is 2.66. The number of phosphoric ester groups is 1. The number of rotatable bonds is 24. The van der Waals surface area contributed by atoms with Gasteiger partial charge in [0.25, 0.3) is 0 Å². The predicted octanol–water partition coefficient (Wildman–Crippen LogP) is 4.60. The number of hydrogen-bond acceptors (Lipinski definition) is 18. The summed E-state index contributed by atoms with van der Waals surface area (Å²) in [6.07, 6.45) is -0.112. The zero-order valence-corrected chi connectivity index (χ0v) is 35.2. The van der Waals surface area contributed by atoms with Crippen LogP contribution < -0.4 is 16.7 Å². The number of ether oxygens (including phenoxy) is 4. The van der Waals surface area contributed by atoms with Crippen molar-refractivity contribution < 1.29 is 70.2 Å². The van der Waals surface area contributed by atoms with Crippen LogP contribution in [0.15, 0.2) is 11.0 Å². The second kappa shape index (κ2) is 23.4. The molecule has 0 spiro atoms. The smallest absolute Gasteiger partial charge is 0.450 e. The molecule has 0 aromatic carbocycles. The Labute approximate surface area is 322 Å². The first-order valence-corrected chi connectivity index (χ1v) is 25.1. The Morgan fingerprint density at radius 1 is 1.09 bits per heavy atom. The largest absolute Gasteiger partial charge is 0.490 e. The molecule has 0 saturated carbocycles. The van der Waals surface area contributed by atoms with Gasteiger partial charge in [0, 0.05) is 29.7 Å². The number of nitrogens with one attached hydrogen (secondary N) is 1. The average molecular weight is 891 g/mol. The van der Waals surface area contributed by atoms with E-state index in [1.807, 2.05) is 6.92 Å². The summed E-state index contributed by atoms with van der Waals surface area (Å²) in [7, 11) is -10.5. The van der Waals surface area contributed by atoms with Crippen LogP contribution in [0.2, 0.25) is 0 Å². The molecule has 1 aromatic rings. The van der Waals surface area contributed by atoms with Crippen molar-refractivity contribution in [2.24, 2.45) is 0 Å². The van der Waals surface area contributed by atoms with Crippen molar-refractivity contribution in [3.63, 3.8) is 0 Å². The van der Waals surface area contributed by atoms with Crippen molar-refractivity contribution in [3.8, 4) is 11.8 Å². The summed E-state index contributed by atoms with van der Waals surface area (Å²) in [5.74, 6) is 6.70. The molecular weight excluding hydrogens is 845 g/mol. The van der Waals surface area contributed by atoms with E-state index in [2.05, 4.69) is 51.5 Å². The van der Waals surface area contributed by atoms with Crippen LogP contribution in [0.4, 0.5) is 10.6 Å². The maximum Gasteiger partial charge on any atom is 0.490 e. The summed E-state index contributed by atoms with van der Waals surface area (Å²) in [6.45, 7) is 8.26. The number of carbonyl (C=O) groups is 1. The predicted molar refractivity (Wildman–Crippen MR) is 203 cm³/mol. The molecule has 2 heterocycles. The van der Waals surface area contributed by atoms with E-state index in [1.165, 1.54) is 27.8 Å². The van der Waals surface area contributed by atoms with Gasteiger partial charge in [0.15, 0.2) is 0 Å². The molecule has 7 N–H and O–H groups in total. The first-order chi connectivity index (χ1) is 24.8. The quantitative estimate of drug-likeness (QED) is 0.0272. The number of unbranched alkanes of at least 4 members (excludes halogenated alkanes) is 1. The fourth-order valence-electron chi connectivity index (χ4n) is 3.80. The lowest BCUT2D eigenvalue weighted by Gasteiger charge is -2.21. The summed E-state index contributed by atoms with van der Waals surface area (Å²) in [4.78, 5) is 65.4. The van der Waals surface area contributed by atoms with E-state index in [9.17, 15) is 33.1 Å². The number of alkyl carbamates (subject to hydrolysis) is 1. The van der Waals surface area contributed by atoms with Gasteiger partial charge >= 0.3 is 35.3 Å². The minimum absolute atomic E-state index is 0.00495. The second-order valence-corrected chi connectivity index (χ2v) is 21.2. The number of anilines is 1. The highest BCUT2D eigenvalue weighted by Gasteiger charge is 2.43. The van der Waals surface area contributed by atoms with E-state index in [1.54, 1.807) is 21.6 Å². The molecule has 0 aliphatic carbocycles. The Hall–Kier alpha value is -0.800. The fraction of sp³-hybridized carbons (Fsp3) is 0.731. The Morgan fingerprint density at radius 2 is 1.81 bits per heavy atom. The topological polar surface area (TPSA) is 287 Å². The van der Waals surface area contributed by atoms with Crippen molar-refractivity contribution >= 4 is 78.6 Å². The van der Waals surface area contributed by atoms with E-state index in [0.29, 0.717) is 19.0 Å². The first-order valence-electron chi connectivity index (χ1n) is 15.7. The Morgan fingerprint density at radius 3 is 2.49 bits per heavy atom. The molecule has 1 aliphatic heterocycles. The Balaban J connectivity index is 1.95. The molecule has 53 heavy (non-hydrogen) atoms. The maximum atomic E-state index is 12.8. The van der Waals surface area contributed by atoms with Gasteiger partial charge in [-0.3, -0.25) is 9.09 Å². The molecule has 1 aliphatic rings. The zero-order valence-electron chi connectivity index (χ0n) is 29.2. The van der Waals surface area contributed by atoms with Gasteiger partial charge < -0.3 is 49.6 Å². The standard InChI is InChI=1S/C26H45N4O16P3S4/c1-5-26(3,4)53-52-17-40-12-7-8-13-41-25(32)28-11-9-10-19-15-30(24(31)29-23(19)27)22-14-20(42-18-51-50-6-2)21(44-22)16-43-48(36,37)46-49(38,39)45-47(33,34)35/h15,20-22H,5-8,11-14,16-18H2,1-4H3,(H,28,32)(H,36,37)(H,38,39)(H2,27,29,31)(H2,33,34,35)/t20-,21+,22+/m0/s1. The molecule has 20 nitrogen and oxygen atoms in total. The Bertz CT molecular complexity index is 1590. The van der Waals surface area contributed by atoms with Gasteiger partial charge in [0.2, 0.25) is 0 Å². The fourth-order valence-corrected chi connectivity index (χ4v) is 10.5. The van der Waals surface area contributed by atoms with Gasteiger partial charge in [-0.2, -0.15) is 13.6 Å². The lowest BCUT2D eigenvalue weighted by atomic mass is 10.1. The van der Waals surface area contributed by atoms with Crippen LogP contribution in [0.25, 0.3) is 0 Å². The van der Waals surface area contributed by atoms with Crippen molar-refractivity contribution in [1.29, 1.82) is 0 Å². The van der Waals surface area contributed by atoms with E-state index >= 15 is 0 Å². The number of aromatic nitrogens is 2. The number of amides is 1. The molecule has 1 aromatic heterocycles. The van der Waals surface area contributed by atoms with Gasteiger partial charge in [-0.05, 0) is 33.1 Å². The number of carbonyl (C=O) groups excluding carboxylic acids is 1. The molecule has 0 radical (unpaired) electrons. The molecule has 1 amide bonds. The van der Waals surface area contributed by atoms with E-state index < -0.39 is 60.3 Å². The van der Waals surface area contributed by atoms with Gasteiger partial charge in [-0.1, -0.05) is 68.9 Å². The van der Waals surface area contributed by atoms with Crippen molar-refractivity contribution in [2.75, 3.05) is 49.7 Å². The normalized spacial score (nSPS) is 19.9. The minimum Gasteiger partial charge on any atom is -0.450 e. The van der Waals surface area contributed by atoms with Crippen molar-refractivity contribution in [3.05, 3.63) is 22.2 Å².